The molecule has 12 heavy (non-hydrogen) atoms. The summed E-state index contributed by atoms with van der Waals surface area (Å²) in [6, 6.07) is 4.53. The van der Waals surface area contributed by atoms with E-state index in [-0.39, 0.29) is 5.82 Å². The summed E-state index contributed by atoms with van der Waals surface area (Å²) in [5.41, 5.74) is 1.70. The lowest BCUT2D eigenvalue weighted by atomic mass is 9.70. The van der Waals surface area contributed by atoms with Crippen molar-refractivity contribution in [3.63, 3.8) is 0 Å². The number of benzene rings is 1. The molecule has 0 aliphatic carbocycles. The van der Waals surface area contributed by atoms with Crippen LogP contribution in [0, 0.1) is 5.82 Å². The fraction of sp³-hybridized carbons (Fsp3) is 0.333. The largest absolute Gasteiger partial charge is 0.389 e. The summed E-state index contributed by atoms with van der Waals surface area (Å²) in [5.74, 6) is -0.289. The Hall–Kier alpha value is -0.825. The number of rotatable bonds is 2. The van der Waals surface area contributed by atoms with E-state index in [1.54, 1.807) is 13.0 Å². The van der Waals surface area contributed by atoms with Gasteiger partial charge in [-0.3, -0.25) is 0 Å². The summed E-state index contributed by atoms with van der Waals surface area (Å²) in [6.07, 6.45) is -0.587. The quantitative estimate of drug-likeness (QED) is 0.649. The van der Waals surface area contributed by atoms with Crippen molar-refractivity contribution in [1.29, 1.82) is 0 Å². The van der Waals surface area contributed by atoms with E-state index in [2.05, 4.69) is 0 Å². The third-order valence-corrected chi connectivity index (χ3v) is 1.94. The zero-order valence-corrected chi connectivity index (χ0v) is 7.34. The van der Waals surface area contributed by atoms with Crippen LogP contribution >= 0.6 is 0 Å². The molecule has 0 radical (unpaired) electrons. The highest BCUT2D eigenvalue weighted by molar-refractivity contribution is 6.52. The first-order valence-corrected chi connectivity index (χ1v) is 4.11. The van der Waals surface area contributed by atoms with Crippen molar-refractivity contribution in [2.24, 2.45) is 0 Å². The molecule has 3 heteroatoms. The Morgan fingerprint density at radius 3 is 2.67 bits per heavy atom. The summed E-state index contributed by atoms with van der Waals surface area (Å²) in [6.45, 7) is 3.63. The van der Waals surface area contributed by atoms with E-state index in [0.29, 0.717) is 5.56 Å². The highest BCUT2D eigenvalue weighted by Crippen LogP contribution is 2.10. The van der Waals surface area contributed by atoms with Crippen LogP contribution in [0.2, 0.25) is 6.82 Å². The normalized spacial score (nSPS) is 12.7. The van der Waals surface area contributed by atoms with Crippen LogP contribution in [0.1, 0.15) is 18.6 Å². The molecule has 0 aromatic heterocycles. The van der Waals surface area contributed by atoms with Gasteiger partial charge in [-0.05, 0) is 24.6 Å². The van der Waals surface area contributed by atoms with E-state index in [0.717, 1.165) is 12.7 Å². The van der Waals surface area contributed by atoms with Crippen LogP contribution < -0.4 is 5.46 Å². The molecule has 0 bridgehead atoms. The minimum Gasteiger partial charge on any atom is -0.389 e. The van der Waals surface area contributed by atoms with Gasteiger partial charge in [0.25, 0.3) is 0 Å². The monoisotopic (exact) mass is 166 g/mol. The average Bonchev–Trinajstić information content (AvgIpc) is 2.04. The Morgan fingerprint density at radius 2 is 2.17 bits per heavy atom. The first-order chi connectivity index (χ1) is 5.65. The standard InChI is InChI=1S/C9H12BFO/c1-6(12)8-5-7(11)3-4-9(8)10-2/h3-6,10,12H,1-2H3/t6-/m1/s1. The van der Waals surface area contributed by atoms with E-state index >= 15 is 0 Å². The first kappa shape index (κ1) is 9.26. The fourth-order valence-electron chi connectivity index (χ4n) is 1.28. The number of aliphatic hydroxyl groups excluding tert-OH is 1. The summed E-state index contributed by atoms with van der Waals surface area (Å²) in [7, 11) is 0.820. The highest BCUT2D eigenvalue weighted by atomic mass is 19.1. The Labute approximate surface area is 72.5 Å². The number of halogens is 1. The van der Waals surface area contributed by atoms with Gasteiger partial charge in [0.15, 0.2) is 7.28 Å². The third kappa shape index (κ3) is 1.86. The zero-order valence-electron chi connectivity index (χ0n) is 7.34. The predicted octanol–water partition coefficient (Wildman–Crippen LogP) is 0.989. The van der Waals surface area contributed by atoms with E-state index < -0.39 is 6.10 Å². The molecule has 0 heterocycles. The molecule has 0 spiro atoms. The van der Waals surface area contributed by atoms with Crippen molar-refractivity contribution < 1.29 is 9.50 Å². The molecule has 0 amide bonds. The van der Waals surface area contributed by atoms with Crippen molar-refractivity contribution in [3.05, 3.63) is 29.6 Å². The first-order valence-electron chi connectivity index (χ1n) is 4.11. The number of hydrogen-bond donors (Lipinski definition) is 1. The van der Waals surface area contributed by atoms with Gasteiger partial charge < -0.3 is 5.11 Å². The van der Waals surface area contributed by atoms with Gasteiger partial charge in [0.2, 0.25) is 0 Å². The minimum atomic E-state index is -0.587. The van der Waals surface area contributed by atoms with Crippen LogP contribution in [0.15, 0.2) is 18.2 Å². The second-order valence-electron chi connectivity index (χ2n) is 2.87. The van der Waals surface area contributed by atoms with E-state index in [4.69, 9.17) is 0 Å². The number of hydrogen-bond acceptors (Lipinski definition) is 1. The van der Waals surface area contributed by atoms with Crippen molar-refractivity contribution in [2.75, 3.05) is 0 Å². The maximum absolute atomic E-state index is 12.7. The SMILES string of the molecule is CBc1ccc(F)cc1[C@@H](C)O. The van der Waals surface area contributed by atoms with Gasteiger partial charge in [-0.1, -0.05) is 18.4 Å². The molecular formula is C9H12BFO. The topological polar surface area (TPSA) is 20.2 Å². The average molecular weight is 166 g/mol. The van der Waals surface area contributed by atoms with Crippen molar-refractivity contribution in [2.45, 2.75) is 19.9 Å². The maximum atomic E-state index is 12.7. The second kappa shape index (κ2) is 3.72. The lowest BCUT2D eigenvalue weighted by Gasteiger charge is -2.09. The van der Waals surface area contributed by atoms with Gasteiger partial charge in [-0.25, -0.2) is 4.39 Å². The van der Waals surface area contributed by atoms with E-state index in [1.165, 1.54) is 12.1 Å². The Kier molecular flexibility index (Phi) is 2.87. The summed E-state index contributed by atoms with van der Waals surface area (Å²) in [4.78, 5) is 0. The molecule has 1 aromatic rings. The van der Waals surface area contributed by atoms with Crippen molar-refractivity contribution in [1.82, 2.24) is 0 Å². The molecule has 1 aromatic carbocycles. The minimum absolute atomic E-state index is 0.289. The van der Waals surface area contributed by atoms with E-state index in [1.807, 2.05) is 6.82 Å². The van der Waals surface area contributed by atoms with Gasteiger partial charge in [0, 0.05) is 0 Å². The molecule has 1 nitrogen and oxygen atoms in total. The summed E-state index contributed by atoms with van der Waals surface area (Å²) in [5, 5.41) is 9.29. The molecule has 0 unspecified atom stereocenters. The van der Waals surface area contributed by atoms with Crippen LogP contribution in [0.5, 0.6) is 0 Å². The van der Waals surface area contributed by atoms with Crippen molar-refractivity contribution >= 4 is 12.7 Å². The molecule has 0 aliphatic heterocycles. The number of aliphatic hydroxyl groups is 1. The smallest absolute Gasteiger partial charge is 0.155 e. The maximum Gasteiger partial charge on any atom is 0.155 e. The predicted molar refractivity (Wildman–Crippen MR) is 49.7 cm³/mol. The molecule has 1 atom stereocenters. The highest BCUT2D eigenvalue weighted by Gasteiger charge is 2.07. The van der Waals surface area contributed by atoms with Gasteiger partial charge >= 0.3 is 0 Å². The van der Waals surface area contributed by atoms with Crippen LogP contribution in [0.3, 0.4) is 0 Å². The molecule has 0 saturated heterocycles. The zero-order chi connectivity index (χ0) is 9.14. The Balaban J connectivity index is 3.12. The van der Waals surface area contributed by atoms with Gasteiger partial charge in [-0.15, -0.1) is 0 Å². The Bertz CT molecular complexity index is 273. The molecule has 0 fully saturated rings. The van der Waals surface area contributed by atoms with Gasteiger partial charge in [0.1, 0.15) is 5.82 Å². The Morgan fingerprint density at radius 1 is 1.50 bits per heavy atom. The summed E-state index contributed by atoms with van der Waals surface area (Å²) < 4.78 is 12.7. The van der Waals surface area contributed by atoms with Crippen LogP contribution in [0.4, 0.5) is 4.39 Å². The van der Waals surface area contributed by atoms with Crippen LogP contribution in [-0.4, -0.2) is 12.4 Å². The molecule has 1 rings (SSSR count). The van der Waals surface area contributed by atoms with Crippen LogP contribution in [-0.2, 0) is 0 Å². The third-order valence-electron chi connectivity index (χ3n) is 1.94. The van der Waals surface area contributed by atoms with Gasteiger partial charge in [-0.2, -0.15) is 0 Å². The molecular weight excluding hydrogens is 154 g/mol. The lowest BCUT2D eigenvalue weighted by molar-refractivity contribution is 0.200. The molecule has 1 N–H and O–H groups in total. The molecule has 0 aliphatic rings. The van der Waals surface area contributed by atoms with Crippen LogP contribution in [0.25, 0.3) is 0 Å². The second-order valence-corrected chi connectivity index (χ2v) is 2.87. The fourth-order valence-corrected chi connectivity index (χ4v) is 1.28. The van der Waals surface area contributed by atoms with Gasteiger partial charge in [0.05, 0.1) is 6.10 Å². The molecule has 64 valence electrons. The lowest BCUT2D eigenvalue weighted by Crippen LogP contribution is -2.18. The van der Waals surface area contributed by atoms with Crippen molar-refractivity contribution in [3.8, 4) is 0 Å². The van der Waals surface area contributed by atoms with E-state index in [9.17, 15) is 9.50 Å². The summed E-state index contributed by atoms with van der Waals surface area (Å²) >= 11 is 0. The molecule has 0 saturated carbocycles.